The van der Waals surface area contributed by atoms with Crippen molar-refractivity contribution < 1.29 is 14.3 Å². The molecule has 2 heterocycles. The first-order valence-electron chi connectivity index (χ1n) is 6.42. The monoisotopic (exact) mass is 392 g/mol. The Balaban J connectivity index is 2.18. The van der Waals surface area contributed by atoms with Gasteiger partial charge >= 0.3 is 12.1 Å². The zero-order chi connectivity index (χ0) is 14.9. The maximum absolute atomic E-state index is 12.0. The van der Waals surface area contributed by atoms with Crippen LogP contribution in [0.4, 0.5) is 9.59 Å². The van der Waals surface area contributed by atoms with Gasteiger partial charge in [-0.1, -0.05) is 0 Å². The number of carbonyl (C=O) groups excluding carboxylic acids is 2. The van der Waals surface area contributed by atoms with Crippen molar-refractivity contribution in [1.82, 2.24) is 20.0 Å². The summed E-state index contributed by atoms with van der Waals surface area (Å²) in [5.74, 6) is 0. The lowest BCUT2D eigenvalue weighted by Crippen LogP contribution is -2.40. The van der Waals surface area contributed by atoms with Crippen molar-refractivity contribution in [2.75, 3.05) is 6.61 Å². The van der Waals surface area contributed by atoms with Crippen molar-refractivity contribution in [3.63, 3.8) is 0 Å². The minimum atomic E-state index is -0.502. The molecule has 0 saturated carbocycles. The van der Waals surface area contributed by atoms with Gasteiger partial charge in [-0.25, -0.2) is 9.59 Å². The maximum Gasteiger partial charge on any atom is 0.435 e. The Kier molecular flexibility index (Phi) is 4.51. The number of nitrogens with one attached hydrogen (secondary N) is 1. The molecule has 7 nitrogen and oxygen atoms in total. The van der Waals surface area contributed by atoms with E-state index in [-0.39, 0.29) is 12.1 Å². The van der Waals surface area contributed by atoms with E-state index in [1.54, 1.807) is 11.8 Å². The predicted octanol–water partition coefficient (Wildman–Crippen LogP) is 1.93. The molecule has 1 aliphatic rings. The highest BCUT2D eigenvalue weighted by atomic mass is 127. The van der Waals surface area contributed by atoms with Gasteiger partial charge in [-0.15, -0.1) is 0 Å². The summed E-state index contributed by atoms with van der Waals surface area (Å²) in [4.78, 5) is 25.5. The summed E-state index contributed by atoms with van der Waals surface area (Å²) in [6.45, 7) is 6.68. The highest BCUT2D eigenvalue weighted by molar-refractivity contribution is 14.1. The van der Waals surface area contributed by atoms with Crippen LogP contribution >= 0.6 is 22.6 Å². The summed E-state index contributed by atoms with van der Waals surface area (Å²) in [6.07, 6.45) is -0.502. The molecule has 8 heteroatoms. The molecule has 1 N–H and O–H groups in total. The van der Waals surface area contributed by atoms with Gasteiger partial charge in [-0.2, -0.15) is 9.78 Å². The van der Waals surface area contributed by atoms with E-state index in [2.05, 4.69) is 33.0 Å². The van der Waals surface area contributed by atoms with Crippen LogP contribution in [0.3, 0.4) is 0 Å². The Bertz CT molecular complexity index is 541. The Morgan fingerprint density at radius 2 is 2.15 bits per heavy atom. The van der Waals surface area contributed by atoms with Crippen LogP contribution in [0.2, 0.25) is 0 Å². The number of aromatic nitrogens is 2. The second-order valence-corrected chi connectivity index (χ2v) is 5.81. The van der Waals surface area contributed by atoms with E-state index >= 15 is 0 Å². The van der Waals surface area contributed by atoms with Crippen LogP contribution in [0.5, 0.6) is 0 Å². The highest BCUT2D eigenvalue weighted by Gasteiger charge is 2.32. The summed E-state index contributed by atoms with van der Waals surface area (Å²) in [7, 11) is 0. The molecule has 110 valence electrons. The predicted molar refractivity (Wildman–Crippen MR) is 80.3 cm³/mol. The molecule has 0 atom stereocenters. The molecule has 0 radical (unpaired) electrons. The van der Waals surface area contributed by atoms with Crippen LogP contribution in [0.25, 0.3) is 0 Å². The van der Waals surface area contributed by atoms with E-state index in [4.69, 9.17) is 4.74 Å². The molecular formula is C12H17IN4O3. The summed E-state index contributed by atoms with van der Waals surface area (Å²) < 4.78 is 6.95. The van der Waals surface area contributed by atoms with E-state index in [0.717, 1.165) is 15.0 Å². The summed E-state index contributed by atoms with van der Waals surface area (Å²) >= 11 is 2.07. The van der Waals surface area contributed by atoms with Gasteiger partial charge in [-0.05, 0) is 43.4 Å². The Morgan fingerprint density at radius 1 is 1.45 bits per heavy atom. The van der Waals surface area contributed by atoms with E-state index < -0.39 is 6.09 Å². The Labute approximate surface area is 130 Å². The molecule has 1 aromatic heterocycles. The van der Waals surface area contributed by atoms with Gasteiger partial charge < -0.3 is 15.0 Å². The molecule has 1 aromatic rings. The van der Waals surface area contributed by atoms with E-state index in [9.17, 15) is 9.59 Å². The second kappa shape index (κ2) is 5.98. The molecule has 0 spiro atoms. The standard InChI is InChI=1S/C12H17IN4O3/c1-4-20-12(19)17-9-6-16(11(18)14-7(2)3)5-8(9)10(13)15-17/h7H,4-6H2,1-3H3,(H,14,18). The molecular weight excluding hydrogens is 375 g/mol. The average Bonchev–Trinajstić information content (AvgIpc) is 2.90. The van der Waals surface area contributed by atoms with Crippen LogP contribution in [-0.4, -0.2) is 39.5 Å². The fourth-order valence-corrected chi connectivity index (χ4v) is 2.72. The van der Waals surface area contributed by atoms with E-state index in [1.165, 1.54) is 4.68 Å². The fraction of sp³-hybridized carbons (Fsp3) is 0.583. The Morgan fingerprint density at radius 3 is 2.75 bits per heavy atom. The molecule has 0 aliphatic carbocycles. The molecule has 0 saturated heterocycles. The smallest absolute Gasteiger partial charge is 0.435 e. The number of halogens is 1. The lowest BCUT2D eigenvalue weighted by atomic mass is 10.3. The number of ether oxygens (including phenoxy) is 1. The first kappa shape index (κ1) is 15.1. The lowest BCUT2D eigenvalue weighted by molar-refractivity contribution is 0.148. The summed E-state index contributed by atoms with van der Waals surface area (Å²) in [6, 6.07) is -0.0609. The quantitative estimate of drug-likeness (QED) is 0.781. The van der Waals surface area contributed by atoms with E-state index in [1.807, 2.05) is 13.8 Å². The minimum absolute atomic E-state index is 0.0758. The number of hydrogen-bond donors (Lipinski definition) is 1. The van der Waals surface area contributed by atoms with Crippen molar-refractivity contribution in [2.24, 2.45) is 0 Å². The number of hydrogen-bond acceptors (Lipinski definition) is 4. The third-order valence-electron chi connectivity index (χ3n) is 2.87. The number of urea groups is 1. The van der Waals surface area contributed by atoms with Gasteiger partial charge in [0, 0.05) is 11.6 Å². The Hall–Kier alpha value is -1.32. The zero-order valence-corrected chi connectivity index (χ0v) is 13.8. The minimum Gasteiger partial charge on any atom is -0.448 e. The van der Waals surface area contributed by atoms with Crippen molar-refractivity contribution in [3.8, 4) is 0 Å². The second-order valence-electron chi connectivity index (χ2n) is 4.79. The van der Waals surface area contributed by atoms with Crippen molar-refractivity contribution >= 4 is 34.7 Å². The number of amides is 2. The van der Waals surface area contributed by atoms with Gasteiger partial charge in [0.25, 0.3) is 0 Å². The number of rotatable bonds is 2. The topological polar surface area (TPSA) is 76.5 Å². The van der Waals surface area contributed by atoms with Gasteiger partial charge in [0.1, 0.15) is 3.70 Å². The molecule has 2 amide bonds. The van der Waals surface area contributed by atoms with Gasteiger partial charge in [-0.3, -0.25) is 0 Å². The van der Waals surface area contributed by atoms with Crippen molar-refractivity contribution in [2.45, 2.75) is 39.9 Å². The average molecular weight is 392 g/mol. The number of nitrogens with zero attached hydrogens (tertiary/aromatic N) is 3. The largest absolute Gasteiger partial charge is 0.448 e. The molecule has 0 fully saturated rings. The number of fused-ring (bicyclic) bond motifs is 1. The molecule has 0 bridgehead atoms. The summed E-state index contributed by atoms with van der Waals surface area (Å²) in [5, 5.41) is 7.02. The molecule has 0 aromatic carbocycles. The maximum atomic E-state index is 12.0. The van der Waals surface area contributed by atoms with Crippen LogP contribution in [0, 0.1) is 3.70 Å². The molecule has 2 rings (SSSR count). The van der Waals surface area contributed by atoms with Gasteiger partial charge in [0.2, 0.25) is 0 Å². The van der Waals surface area contributed by atoms with Crippen molar-refractivity contribution in [1.29, 1.82) is 0 Å². The highest BCUT2D eigenvalue weighted by Crippen LogP contribution is 2.27. The molecule has 20 heavy (non-hydrogen) atoms. The third-order valence-corrected chi connectivity index (χ3v) is 3.74. The summed E-state index contributed by atoms with van der Waals surface area (Å²) in [5.41, 5.74) is 1.64. The van der Waals surface area contributed by atoms with Crippen LogP contribution in [-0.2, 0) is 17.8 Å². The van der Waals surface area contributed by atoms with Gasteiger partial charge in [0.05, 0.1) is 25.4 Å². The van der Waals surface area contributed by atoms with Crippen LogP contribution in [0.1, 0.15) is 32.0 Å². The lowest BCUT2D eigenvalue weighted by Gasteiger charge is -2.18. The molecule has 1 aliphatic heterocycles. The van der Waals surface area contributed by atoms with Crippen molar-refractivity contribution in [3.05, 3.63) is 15.0 Å². The number of carbonyl (C=O) groups is 2. The van der Waals surface area contributed by atoms with Crippen LogP contribution < -0.4 is 5.32 Å². The zero-order valence-electron chi connectivity index (χ0n) is 11.6. The SMILES string of the molecule is CCOC(=O)n1nc(I)c2c1CN(C(=O)NC(C)C)C2. The molecule has 0 unspecified atom stereocenters. The normalized spacial score (nSPS) is 13.6. The fourth-order valence-electron chi connectivity index (χ4n) is 2.02. The van der Waals surface area contributed by atoms with E-state index in [0.29, 0.717) is 19.7 Å². The van der Waals surface area contributed by atoms with Gasteiger partial charge in [0.15, 0.2) is 0 Å². The third kappa shape index (κ3) is 2.89. The first-order valence-corrected chi connectivity index (χ1v) is 7.50. The van der Waals surface area contributed by atoms with Crippen LogP contribution in [0.15, 0.2) is 0 Å². The first-order chi connectivity index (χ1) is 9.43.